The van der Waals surface area contributed by atoms with E-state index < -0.39 is 0 Å². The minimum atomic E-state index is 0.103. The lowest BCUT2D eigenvalue weighted by Crippen LogP contribution is -2.49. The van der Waals surface area contributed by atoms with Crippen LogP contribution in [0.1, 0.15) is 5.56 Å². The molecule has 3 aromatic rings. The topological polar surface area (TPSA) is 77.0 Å². The highest BCUT2D eigenvalue weighted by Gasteiger charge is 2.23. The molecule has 8 heteroatoms. The number of para-hydroxylation sites is 1. The normalized spacial score (nSPS) is 13.5. The van der Waals surface area contributed by atoms with Gasteiger partial charge in [-0.2, -0.15) is 0 Å². The number of carbonyl (C=O) groups excluding carboxylic acids is 1. The molecule has 0 radical (unpaired) electrons. The van der Waals surface area contributed by atoms with Crippen LogP contribution in [-0.4, -0.2) is 68.5 Å². The van der Waals surface area contributed by atoms with Gasteiger partial charge >= 0.3 is 0 Å². The van der Waals surface area contributed by atoms with Crippen molar-refractivity contribution in [2.24, 2.45) is 0 Å². The summed E-state index contributed by atoms with van der Waals surface area (Å²) >= 11 is 0. The number of aromatic nitrogens is 2. The second-order valence-corrected chi connectivity index (χ2v) is 7.70. The molecule has 1 aliphatic rings. The fourth-order valence-electron chi connectivity index (χ4n) is 3.96. The van der Waals surface area contributed by atoms with Crippen molar-refractivity contribution in [3.63, 3.8) is 0 Å². The van der Waals surface area contributed by atoms with E-state index >= 15 is 0 Å². The number of rotatable bonds is 7. The number of carbonyl (C=O) groups is 1. The third-order valence-corrected chi connectivity index (χ3v) is 5.82. The molecule has 4 rings (SSSR count). The molecule has 0 atom stereocenters. The van der Waals surface area contributed by atoms with Crippen molar-refractivity contribution in [2.45, 2.75) is 6.42 Å². The molecule has 0 spiro atoms. The Morgan fingerprint density at radius 1 is 0.848 bits per heavy atom. The van der Waals surface area contributed by atoms with Crippen molar-refractivity contribution in [1.29, 1.82) is 0 Å². The van der Waals surface area contributed by atoms with Crippen molar-refractivity contribution in [2.75, 3.05) is 52.4 Å². The summed E-state index contributed by atoms with van der Waals surface area (Å²) in [6.07, 6.45) is 0.334. The number of nitrogens with zero attached hydrogens (tertiary/aromatic N) is 4. The SMILES string of the molecule is COc1ccc(OC)c(-c2ccc(N3CCN(C(=O)Cc4ccccc4OC)CC3)nn2)c1. The number of ether oxygens (including phenoxy) is 3. The van der Waals surface area contributed by atoms with Crippen LogP contribution < -0.4 is 19.1 Å². The molecule has 0 bridgehead atoms. The summed E-state index contributed by atoms with van der Waals surface area (Å²) in [5.74, 6) is 3.07. The highest BCUT2D eigenvalue weighted by atomic mass is 16.5. The maximum atomic E-state index is 12.8. The van der Waals surface area contributed by atoms with Crippen molar-refractivity contribution in [1.82, 2.24) is 15.1 Å². The van der Waals surface area contributed by atoms with E-state index in [0.717, 1.165) is 28.4 Å². The zero-order valence-electron chi connectivity index (χ0n) is 19.2. The summed E-state index contributed by atoms with van der Waals surface area (Å²) in [6, 6.07) is 17.1. The molecule has 172 valence electrons. The number of amides is 1. The number of hydrogen-bond acceptors (Lipinski definition) is 7. The molecule has 1 amide bonds. The van der Waals surface area contributed by atoms with Crippen LogP contribution in [0.3, 0.4) is 0 Å². The molecule has 0 N–H and O–H groups in total. The van der Waals surface area contributed by atoms with Gasteiger partial charge in [0.15, 0.2) is 5.82 Å². The average molecular weight is 449 g/mol. The highest BCUT2D eigenvalue weighted by Crippen LogP contribution is 2.32. The van der Waals surface area contributed by atoms with Crippen LogP contribution in [0.2, 0.25) is 0 Å². The number of piperazine rings is 1. The molecule has 2 aromatic carbocycles. The van der Waals surface area contributed by atoms with Crippen molar-refractivity contribution in [3.8, 4) is 28.5 Å². The predicted octanol–water partition coefficient (Wildman–Crippen LogP) is 3.06. The highest BCUT2D eigenvalue weighted by molar-refractivity contribution is 5.80. The maximum Gasteiger partial charge on any atom is 0.227 e. The lowest BCUT2D eigenvalue weighted by Gasteiger charge is -2.35. The Morgan fingerprint density at radius 3 is 2.27 bits per heavy atom. The van der Waals surface area contributed by atoms with Gasteiger partial charge in [0.2, 0.25) is 5.91 Å². The fourth-order valence-corrected chi connectivity index (χ4v) is 3.96. The Labute approximate surface area is 193 Å². The second-order valence-electron chi connectivity index (χ2n) is 7.70. The molecule has 33 heavy (non-hydrogen) atoms. The lowest BCUT2D eigenvalue weighted by atomic mass is 10.1. The van der Waals surface area contributed by atoms with Crippen LogP contribution >= 0.6 is 0 Å². The Bertz CT molecular complexity index is 1100. The van der Waals surface area contributed by atoms with Gasteiger partial charge in [0.25, 0.3) is 0 Å². The summed E-state index contributed by atoms with van der Waals surface area (Å²) < 4.78 is 16.1. The Balaban J connectivity index is 1.39. The van der Waals surface area contributed by atoms with Crippen LogP contribution in [0.25, 0.3) is 11.3 Å². The van der Waals surface area contributed by atoms with Gasteiger partial charge in [0, 0.05) is 37.3 Å². The molecule has 1 aromatic heterocycles. The van der Waals surface area contributed by atoms with Gasteiger partial charge in [-0.25, -0.2) is 0 Å². The van der Waals surface area contributed by atoms with Gasteiger partial charge in [0.05, 0.1) is 33.4 Å². The first-order chi connectivity index (χ1) is 16.1. The van der Waals surface area contributed by atoms with Crippen LogP contribution in [0, 0.1) is 0 Å². The summed E-state index contributed by atoms with van der Waals surface area (Å²) in [4.78, 5) is 16.8. The summed E-state index contributed by atoms with van der Waals surface area (Å²) in [5.41, 5.74) is 2.43. The van der Waals surface area contributed by atoms with Crippen LogP contribution in [0.4, 0.5) is 5.82 Å². The second kappa shape index (κ2) is 10.2. The average Bonchev–Trinajstić information content (AvgIpc) is 2.88. The minimum Gasteiger partial charge on any atom is -0.497 e. The van der Waals surface area contributed by atoms with E-state index in [0.29, 0.717) is 44.0 Å². The number of anilines is 1. The summed E-state index contributed by atoms with van der Waals surface area (Å²) in [5, 5.41) is 8.85. The van der Waals surface area contributed by atoms with Gasteiger partial charge in [0.1, 0.15) is 17.2 Å². The van der Waals surface area contributed by atoms with Crippen LogP contribution in [0.15, 0.2) is 54.6 Å². The van der Waals surface area contributed by atoms with Crippen molar-refractivity contribution >= 4 is 11.7 Å². The molecule has 0 unspecified atom stereocenters. The van der Waals surface area contributed by atoms with E-state index in [2.05, 4.69) is 15.1 Å². The summed E-state index contributed by atoms with van der Waals surface area (Å²) in [6.45, 7) is 2.69. The molecule has 0 aliphatic carbocycles. The predicted molar refractivity (Wildman–Crippen MR) is 126 cm³/mol. The Hall–Kier alpha value is -3.81. The van der Waals surface area contributed by atoms with Gasteiger partial charge in [-0.3, -0.25) is 4.79 Å². The maximum absolute atomic E-state index is 12.8. The molecule has 0 saturated carbocycles. The quantitative estimate of drug-likeness (QED) is 0.550. The molecule has 1 fully saturated rings. The van der Waals surface area contributed by atoms with E-state index in [1.165, 1.54) is 0 Å². The first-order valence-electron chi connectivity index (χ1n) is 10.8. The van der Waals surface area contributed by atoms with Gasteiger partial charge < -0.3 is 24.0 Å². The van der Waals surface area contributed by atoms with E-state index in [1.807, 2.05) is 59.5 Å². The fraction of sp³-hybridized carbons (Fsp3) is 0.320. The summed E-state index contributed by atoms with van der Waals surface area (Å²) in [7, 11) is 4.88. The van der Waals surface area contributed by atoms with Crippen molar-refractivity contribution in [3.05, 3.63) is 60.2 Å². The molecule has 2 heterocycles. The zero-order chi connectivity index (χ0) is 23.2. The lowest BCUT2D eigenvalue weighted by molar-refractivity contribution is -0.130. The largest absolute Gasteiger partial charge is 0.497 e. The third kappa shape index (κ3) is 5.00. The number of benzene rings is 2. The number of hydrogen-bond donors (Lipinski definition) is 0. The molecular weight excluding hydrogens is 420 g/mol. The standard InChI is InChI=1S/C25H28N4O4/c1-31-19-8-10-23(33-3)20(17-19)21-9-11-24(27-26-21)28-12-14-29(15-13-28)25(30)16-18-6-4-5-7-22(18)32-2/h4-11,17H,12-16H2,1-3H3. The van der Waals surface area contributed by atoms with E-state index in [9.17, 15) is 4.79 Å². The monoisotopic (exact) mass is 448 g/mol. The first kappa shape index (κ1) is 22.4. The van der Waals surface area contributed by atoms with Gasteiger partial charge in [-0.05, 0) is 36.4 Å². The van der Waals surface area contributed by atoms with Crippen molar-refractivity contribution < 1.29 is 19.0 Å². The first-order valence-corrected chi connectivity index (χ1v) is 10.8. The van der Waals surface area contributed by atoms with Crippen LogP contribution in [-0.2, 0) is 11.2 Å². The minimum absolute atomic E-state index is 0.103. The Morgan fingerprint density at radius 2 is 1.61 bits per heavy atom. The van der Waals surface area contributed by atoms with Crippen LogP contribution in [0.5, 0.6) is 17.2 Å². The van der Waals surface area contributed by atoms with E-state index in [-0.39, 0.29) is 5.91 Å². The van der Waals surface area contributed by atoms with E-state index in [1.54, 1.807) is 21.3 Å². The third-order valence-electron chi connectivity index (χ3n) is 5.82. The molecule has 8 nitrogen and oxygen atoms in total. The number of methoxy groups -OCH3 is 3. The zero-order valence-corrected chi connectivity index (χ0v) is 19.2. The molecular formula is C25H28N4O4. The Kier molecular flexibility index (Phi) is 6.92. The smallest absolute Gasteiger partial charge is 0.227 e. The molecule has 1 saturated heterocycles. The van der Waals surface area contributed by atoms with Gasteiger partial charge in [-0.15, -0.1) is 10.2 Å². The molecule has 1 aliphatic heterocycles. The van der Waals surface area contributed by atoms with Gasteiger partial charge in [-0.1, -0.05) is 18.2 Å². The van der Waals surface area contributed by atoms with E-state index in [4.69, 9.17) is 14.2 Å².